The van der Waals surface area contributed by atoms with Crippen molar-refractivity contribution in [3.8, 4) is 5.88 Å². The monoisotopic (exact) mass is 421 g/mol. The van der Waals surface area contributed by atoms with Crippen LogP contribution < -0.4 is 10.1 Å². The van der Waals surface area contributed by atoms with Crippen LogP contribution in [0.25, 0.3) is 0 Å². The molecule has 0 aliphatic carbocycles. The van der Waals surface area contributed by atoms with Crippen LogP contribution >= 0.6 is 23.2 Å². The fourth-order valence-corrected chi connectivity index (χ4v) is 2.35. The maximum Gasteiger partial charge on any atom is 0.416 e. The van der Waals surface area contributed by atoms with Gasteiger partial charge in [0.1, 0.15) is 17.4 Å². The van der Waals surface area contributed by atoms with E-state index in [1.165, 1.54) is 24.3 Å². The van der Waals surface area contributed by atoms with Crippen LogP contribution in [0.2, 0.25) is 10.2 Å². The maximum atomic E-state index is 12.7. The molecule has 0 aliphatic heterocycles. The first-order valence-corrected chi connectivity index (χ1v) is 8.13. The van der Waals surface area contributed by atoms with E-state index >= 15 is 0 Å². The number of rotatable bonds is 7. The van der Waals surface area contributed by atoms with Gasteiger partial charge in [-0.2, -0.15) is 13.2 Å². The van der Waals surface area contributed by atoms with Crippen molar-refractivity contribution >= 4 is 34.6 Å². The van der Waals surface area contributed by atoms with Crippen LogP contribution in [-0.2, 0) is 6.18 Å². The average molecular weight is 422 g/mol. The van der Waals surface area contributed by atoms with E-state index in [1.807, 2.05) is 0 Å². The lowest BCUT2D eigenvalue weighted by atomic mass is 10.2. The van der Waals surface area contributed by atoms with Gasteiger partial charge in [0.2, 0.25) is 5.88 Å². The van der Waals surface area contributed by atoms with Crippen molar-refractivity contribution in [3.63, 3.8) is 0 Å². The van der Waals surface area contributed by atoms with Gasteiger partial charge in [0, 0.05) is 23.7 Å². The minimum atomic E-state index is -4.56. The number of hydrogen-bond donors (Lipinski definition) is 1. The normalized spacial score (nSPS) is 11.6. The molecular formula is C16H12Cl2F3N3O3. The number of nitrogens with one attached hydrogen (secondary N) is 1. The molecule has 0 saturated carbocycles. The van der Waals surface area contributed by atoms with Gasteiger partial charge in [-0.25, -0.2) is 4.98 Å². The molecule has 1 N–H and O–H groups in total. The summed E-state index contributed by atoms with van der Waals surface area (Å²) in [6, 6.07) is 5.54. The summed E-state index contributed by atoms with van der Waals surface area (Å²) in [6.45, 7) is 0.144. The van der Waals surface area contributed by atoms with Crippen LogP contribution in [-0.4, -0.2) is 23.1 Å². The number of ether oxygens (including phenoxy) is 1. The van der Waals surface area contributed by atoms with E-state index in [0.29, 0.717) is 11.1 Å². The van der Waals surface area contributed by atoms with Gasteiger partial charge in [0.25, 0.3) is 5.69 Å². The summed E-state index contributed by atoms with van der Waals surface area (Å²) < 4.78 is 43.2. The number of benzene rings is 1. The number of nitro benzene ring substituents is 1. The standard InChI is InChI=1S/C16H12Cl2F3N3O3/c17-11-3-4-13(24(25)26)12(9-11)22-5-1-2-6-27-15-8-10(16(19,20)21)7-14(18)23-15/h1-4,7-9,22H,5-6H2/b2-1-. The summed E-state index contributed by atoms with van der Waals surface area (Å²) in [7, 11) is 0. The Morgan fingerprint density at radius 2 is 1.96 bits per heavy atom. The van der Waals surface area contributed by atoms with E-state index < -0.39 is 16.7 Å². The zero-order chi connectivity index (χ0) is 20.0. The molecule has 0 saturated heterocycles. The average Bonchev–Trinajstić information content (AvgIpc) is 2.56. The zero-order valence-electron chi connectivity index (χ0n) is 13.5. The second-order valence-electron chi connectivity index (χ2n) is 5.10. The second kappa shape index (κ2) is 8.92. The van der Waals surface area contributed by atoms with Gasteiger partial charge in [-0.1, -0.05) is 29.3 Å². The first kappa shape index (κ1) is 20.8. The fourth-order valence-electron chi connectivity index (χ4n) is 1.97. The molecule has 11 heteroatoms. The highest BCUT2D eigenvalue weighted by Gasteiger charge is 2.31. The third-order valence-corrected chi connectivity index (χ3v) is 3.59. The Bertz CT molecular complexity index is 861. The SMILES string of the molecule is O=[N+]([O-])c1ccc(Cl)cc1NC/C=C\COc1cc(C(F)(F)F)cc(Cl)n1. The highest BCUT2D eigenvalue weighted by molar-refractivity contribution is 6.31. The number of nitrogens with zero attached hydrogens (tertiary/aromatic N) is 2. The summed E-state index contributed by atoms with van der Waals surface area (Å²) in [4.78, 5) is 14.0. The van der Waals surface area contributed by atoms with Crippen LogP contribution in [0.3, 0.4) is 0 Å². The number of anilines is 1. The van der Waals surface area contributed by atoms with E-state index in [0.717, 1.165) is 6.07 Å². The van der Waals surface area contributed by atoms with Crippen molar-refractivity contribution in [2.45, 2.75) is 6.18 Å². The summed E-state index contributed by atoms with van der Waals surface area (Å²) in [5.41, 5.74) is -0.854. The van der Waals surface area contributed by atoms with Gasteiger partial charge in [0.05, 0.1) is 10.5 Å². The third kappa shape index (κ3) is 6.30. The minimum absolute atomic E-state index is 0.0655. The van der Waals surface area contributed by atoms with Crippen LogP contribution in [0.4, 0.5) is 24.5 Å². The Labute approximate surface area is 161 Å². The van der Waals surface area contributed by atoms with Crippen molar-refractivity contribution in [3.05, 3.63) is 68.3 Å². The van der Waals surface area contributed by atoms with E-state index in [9.17, 15) is 23.3 Å². The van der Waals surface area contributed by atoms with E-state index in [2.05, 4.69) is 10.3 Å². The Balaban J connectivity index is 1.90. The lowest BCUT2D eigenvalue weighted by Gasteiger charge is -2.09. The first-order chi connectivity index (χ1) is 12.7. The molecular weight excluding hydrogens is 410 g/mol. The van der Waals surface area contributed by atoms with Crippen molar-refractivity contribution in [1.82, 2.24) is 4.98 Å². The van der Waals surface area contributed by atoms with Crippen LogP contribution in [0.15, 0.2) is 42.5 Å². The second-order valence-corrected chi connectivity index (χ2v) is 5.92. The Morgan fingerprint density at radius 3 is 2.63 bits per heavy atom. The molecule has 0 radical (unpaired) electrons. The fraction of sp³-hybridized carbons (Fsp3) is 0.188. The Morgan fingerprint density at radius 1 is 1.22 bits per heavy atom. The predicted molar refractivity (Wildman–Crippen MR) is 95.5 cm³/mol. The molecule has 0 atom stereocenters. The van der Waals surface area contributed by atoms with Crippen molar-refractivity contribution in [2.24, 2.45) is 0 Å². The molecule has 0 unspecified atom stereocenters. The van der Waals surface area contributed by atoms with Crippen molar-refractivity contribution < 1.29 is 22.8 Å². The number of pyridine rings is 1. The molecule has 0 amide bonds. The quantitative estimate of drug-likeness (QED) is 0.281. The molecule has 1 aromatic carbocycles. The smallest absolute Gasteiger partial charge is 0.416 e. The van der Waals surface area contributed by atoms with Gasteiger partial charge in [0.15, 0.2) is 0 Å². The highest BCUT2D eigenvalue weighted by atomic mass is 35.5. The summed E-state index contributed by atoms with van der Waals surface area (Å²) in [6.07, 6.45) is -1.46. The lowest BCUT2D eigenvalue weighted by molar-refractivity contribution is -0.383. The number of hydrogen-bond acceptors (Lipinski definition) is 5. The van der Waals surface area contributed by atoms with Crippen molar-refractivity contribution in [2.75, 3.05) is 18.5 Å². The van der Waals surface area contributed by atoms with E-state index in [-0.39, 0.29) is 35.6 Å². The van der Waals surface area contributed by atoms with Crippen molar-refractivity contribution in [1.29, 1.82) is 0 Å². The zero-order valence-corrected chi connectivity index (χ0v) is 15.0. The first-order valence-electron chi connectivity index (χ1n) is 7.37. The number of nitro groups is 1. The van der Waals surface area contributed by atoms with Gasteiger partial charge in [-0.05, 0) is 24.3 Å². The summed E-state index contributed by atoms with van der Waals surface area (Å²) in [5, 5.41) is 13.8. The summed E-state index contributed by atoms with van der Waals surface area (Å²) >= 11 is 11.4. The summed E-state index contributed by atoms with van der Waals surface area (Å²) in [5.74, 6) is -0.266. The Kier molecular flexibility index (Phi) is 6.86. The molecule has 144 valence electrons. The van der Waals surface area contributed by atoms with Gasteiger partial charge < -0.3 is 10.1 Å². The number of alkyl halides is 3. The van der Waals surface area contributed by atoms with E-state index in [1.54, 1.807) is 6.08 Å². The van der Waals surface area contributed by atoms with Crippen LogP contribution in [0, 0.1) is 10.1 Å². The molecule has 2 aromatic rings. The molecule has 1 heterocycles. The number of aromatic nitrogens is 1. The molecule has 0 fully saturated rings. The third-order valence-electron chi connectivity index (χ3n) is 3.16. The molecule has 0 spiro atoms. The Hall–Kier alpha value is -2.52. The highest BCUT2D eigenvalue weighted by Crippen LogP contribution is 2.32. The van der Waals surface area contributed by atoms with Crippen LogP contribution in [0.5, 0.6) is 5.88 Å². The molecule has 0 aliphatic rings. The van der Waals surface area contributed by atoms with E-state index in [4.69, 9.17) is 27.9 Å². The molecule has 27 heavy (non-hydrogen) atoms. The number of halogens is 5. The minimum Gasteiger partial charge on any atom is -0.473 e. The maximum absolute atomic E-state index is 12.7. The van der Waals surface area contributed by atoms with Gasteiger partial charge in [-0.3, -0.25) is 10.1 Å². The molecule has 6 nitrogen and oxygen atoms in total. The predicted octanol–water partition coefficient (Wildman–Crippen LogP) is 5.36. The lowest BCUT2D eigenvalue weighted by Crippen LogP contribution is -2.07. The molecule has 2 rings (SSSR count). The largest absolute Gasteiger partial charge is 0.473 e. The molecule has 1 aromatic heterocycles. The molecule has 0 bridgehead atoms. The van der Waals surface area contributed by atoms with Gasteiger partial charge >= 0.3 is 6.18 Å². The van der Waals surface area contributed by atoms with Gasteiger partial charge in [-0.15, -0.1) is 0 Å². The topological polar surface area (TPSA) is 77.3 Å². The van der Waals surface area contributed by atoms with Crippen LogP contribution in [0.1, 0.15) is 5.56 Å².